The quantitative estimate of drug-likeness (QED) is 0.799. The Morgan fingerprint density at radius 1 is 1.36 bits per heavy atom. The van der Waals surface area contributed by atoms with Crippen molar-refractivity contribution in [2.24, 2.45) is 0 Å². The molecule has 0 aliphatic rings. The predicted octanol–water partition coefficient (Wildman–Crippen LogP) is 3.57. The van der Waals surface area contributed by atoms with Crippen LogP contribution in [0.15, 0.2) is 42.6 Å². The van der Waals surface area contributed by atoms with Crippen LogP contribution in [-0.2, 0) is 6.61 Å². The monoisotopic (exact) mass is 316 g/mol. The first kappa shape index (κ1) is 14.4. The van der Waals surface area contributed by atoms with Gasteiger partial charge in [-0.3, -0.25) is 4.40 Å². The second kappa shape index (κ2) is 5.69. The minimum absolute atomic E-state index is 0.0217. The number of aryl methyl sites for hydroxylation is 1. The fourth-order valence-corrected chi connectivity index (χ4v) is 2.40. The Balaban J connectivity index is 1.95. The van der Waals surface area contributed by atoms with Crippen molar-refractivity contribution < 1.29 is 14.6 Å². The zero-order chi connectivity index (χ0) is 15.7. The average Bonchev–Trinajstić information content (AvgIpc) is 2.83. The van der Waals surface area contributed by atoms with Gasteiger partial charge in [-0.25, -0.2) is 9.78 Å². The summed E-state index contributed by atoms with van der Waals surface area (Å²) >= 11 is 5.91. The van der Waals surface area contributed by atoms with Gasteiger partial charge in [0.05, 0.1) is 5.52 Å². The first-order valence-electron chi connectivity index (χ1n) is 6.64. The van der Waals surface area contributed by atoms with Gasteiger partial charge in [-0.15, -0.1) is 0 Å². The molecule has 0 bridgehead atoms. The van der Waals surface area contributed by atoms with E-state index in [1.165, 1.54) is 0 Å². The maximum Gasteiger partial charge on any atom is 0.356 e. The number of carboxylic acid groups (broad SMARTS) is 1. The van der Waals surface area contributed by atoms with E-state index >= 15 is 0 Å². The van der Waals surface area contributed by atoms with Gasteiger partial charge in [0, 0.05) is 11.2 Å². The third-order valence-corrected chi connectivity index (χ3v) is 3.47. The molecule has 22 heavy (non-hydrogen) atoms. The summed E-state index contributed by atoms with van der Waals surface area (Å²) in [5, 5.41) is 9.85. The summed E-state index contributed by atoms with van der Waals surface area (Å²) in [5.74, 6) is 0.0673. The van der Waals surface area contributed by atoms with Crippen LogP contribution in [0.2, 0.25) is 5.02 Å². The number of fused-ring (bicyclic) bond motifs is 1. The summed E-state index contributed by atoms with van der Waals surface area (Å²) in [6.45, 7) is 2.05. The molecule has 2 heterocycles. The maximum absolute atomic E-state index is 11.3. The van der Waals surface area contributed by atoms with Crippen molar-refractivity contribution in [3.63, 3.8) is 0 Å². The minimum Gasteiger partial charge on any atom is -0.486 e. The number of aromatic carboxylic acids is 1. The van der Waals surface area contributed by atoms with E-state index in [9.17, 15) is 9.90 Å². The maximum atomic E-state index is 11.3. The molecule has 0 aliphatic carbocycles. The Hall–Kier alpha value is -2.53. The van der Waals surface area contributed by atoms with Gasteiger partial charge < -0.3 is 9.84 Å². The lowest BCUT2D eigenvalue weighted by Crippen LogP contribution is -2.01. The Morgan fingerprint density at radius 3 is 2.91 bits per heavy atom. The Labute approximate surface area is 131 Å². The molecule has 3 rings (SSSR count). The van der Waals surface area contributed by atoms with Gasteiger partial charge >= 0.3 is 5.97 Å². The first-order valence-corrected chi connectivity index (χ1v) is 7.01. The fraction of sp³-hybridized carbons (Fsp3) is 0.125. The molecular weight excluding hydrogens is 304 g/mol. The molecule has 2 aromatic heterocycles. The van der Waals surface area contributed by atoms with Crippen LogP contribution in [0.4, 0.5) is 0 Å². The third-order valence-electron chi connectivity index (χ3n) is 3.24. The van der Waals surface area contributed by atoms with Gasteiger partial charge in [-0.2, -0.15) is 0 Å². The van der Waals surface area contributed by atoms with Crippen molar-refractivity contribution in [2.45, 2.75) is 13.5 Å². The normalized spacial score (nSPS) is 10.8. The van der Waals surface area contributed by atoms with Crippen LogP contribution in [0.1, 0.15) is 21.9 Å². The first-order chi connectivity index (χ1) is 10.5. The average molecular weight is 317 g/mol. The number of rotatable bonds is 4. The molecule has 0 unspecified atom stereocenters. The summed E-state index contributed by atoms with van der Waals surface area (Å²) in [6.07, 6.45) is 1.79. The van der Waals surface area contributed by atoms with E-state index in [0.717, 1.165) is 5.56 Å². The van der Waals surface area contributed by atoms with E-state index in [2.05, 4.69) is 4.98 Å². The number of nitrogens with zero attached hydrogens (tertiary/aromatic N) is 2. The molecule has 6 heteroatoms. The number of carbonyl (C=O) groups is 1. The van der Waals surface area contributed by atoms with Crippen molar-refractivity contribution in [1.29, 1.82) is 0 Å². The standard InChI is InChI=1S/C16H13ClN2O3/c1-10-5-6-19-13(7-10)15(16(20)21)18-14(19)9-22-12-4-2-3-11(17)8-12/h2-8H,9H2,1H3,(H,20,21). The molecule has 0 radical (unpaired) electrons. The molecule has 1 N–H and O–H groups in total. The number of carboxylic acids is 1. The lowest BCUT2D eigenvalue weighted by atomic mass is 10.2. The van der Waals surface area contributed by atoms with Crippen molar-refractivity contribution >= 4 is 23.1 Å². The van der Waals surface area contributed by atoms with Crippen LogP contribution >= 0.6 is 11.6 Å². The highest BCUT2D eigenvalue weighted by Crippen LogP contribution is 2.20. The molecule has 3 aromatic rings. The van der Waals surface area contributed by atoms with E-state index < -0.39 is 5.97 Å². The van der Waals surface area contributed by atoms with E-state index in [1.807, 2.05) is 13.0 Å². The third kappa shape index (κ3) is 2.76. The SMILES string of the molecule is Cc1ccn2c(COc3cccc(Cl)c3)nc(C(=O)O)c2c1. The van der Waals surface area contributed by atoms with Gasteiger partial charge in [0.15, 0.2) is 11.5 Å². The van der Waals surface area contributed by atoms with Gasteiger partial charge in [0.25, 0.3) is 0 Å². The number of imidazole rings is 1. The van der Waals surface area contributed by atoms with Crippen LogP contribution in [0.5, 0.6) is 5.75 Å². The predicted molar refractivity (Wildman–Crippen MR) is 82.7 cm³/mol. The molecule has 5 nitrogen and oxygen atoms in total. The Kier molecular flexibility index (Phi) is 3.73. The Bertz CT molecular complexity index is 858. The largest absolute Gasteiger partial charge is 0.486 e. The van der Waals surface area contributed by atoms with Crippen LogP contribution in [0.25, 0.3) is 5.52 Å². The number of hydrogen-bond donors (Lipinski definition) is 1. The molecule has 0 atom stereocenters. The molecule has 0 aliphatic heterocycles. The fourth-order valence-electron chi connectivity index (χ4n) is 2.22. The smallest absolute Gasteiger partial charge is 0.356 e. The molecular formula is C16H13ClN2O3. The van der Waals surface area contributed by atoms with Crippen molar-refractivity contribution in [1.82, 2.24) is 9.38 Å². The van der Waals surface area contributed by atoms with Gasteiger partial charge in [-0.1, -0.05) is 17.7 Å². The highest BCUT2D eigenvalue weighted by Gasteiger charge is 2.17. The molecule has 0 spiro atoms. The lowest BCUT2D eigenvalue weighted by Gasteiger charge is -2.06. The second-order valence-corrected chi connectivity index (χ2v) is 5.32. The van der Waals surface area contributed by atoms with Gasteiger partial charge in [0.1, 0.15) is 12.4 Å². The number of ether oxygens (including phenoxy) is 1. The highest BCUT2D eigenvalue weighted by molar-refractivity contribution is 6.30. The van der Waals surface area contributed by atoms with Crippen LogP contribution in [-0.4, -0.2) is 20.5 Å². The van der Waals surface area contributed by atoms with E-state index in [4.69, 9.17) is 16.3 Å². The van der Waals surface area contributed by atoms with Gasteiger partial charge in [-0.05, 0) is 42.8 Å². The van der Waals surface area contributed by atoms with Crippen LogP contribution in [0.3, 0.4) is 0 Å². The summed E-state index contributed by atoms with van der Waals surface area (Å²) < 4.78 is 7.37. The summed E-state index contributed by atoms with van der Waals surface area (Å²) in [5.41, 5.74) is 1.54. The van der Waals surface area contributed by atoms with E-state index in [1.54, 1.807) is 40.9 Å². The lowest BCUT2D eigenvalue weighted by molar-refractivity contribution is 0.0693. The molecule has 0 fully saturated rings. The zero-order valence-corrected chi connectivity index (χ0v) is 12.5. The van der Waals surface area contributed by atoms with Crippen LogP contribution in [0, 0.1) is 6.92 Å². The van der Waals surface area contributed by atoms with Crippen LogP contribution < -0.4 is 4.74 Å². The number of aromatic nitrogens is 2. The number of benzene rings is 1. The molecule has 1 aromatic carbocycles. The highest BCUT2D eigenvalue weighted by atomic mass is 35.5. The number of hydrogen-bond acceptors (Lipinski definition) is 3. The second-order valence-electron chi connectivity index (χ2n) is 4.89. The molecule has 0 saturated heterocycles. The Morgan fingerprint density at radius 2 is 2.18 bits per heavy atom. The van der Waals surface area contributed by atoms with Gasteiger partial charge in [0.2, 0.25) is 0 Å². The molecule has 0 amide bonds. The van der Waals surface area contributed by atoms with Crippen molar-refractivity contribution in [3.05, 3.63) is 64.7 Å². The minimum atomic E-state index is -1.06. The van der Waals surface area contributed by atoms with Crippen molar-refractivity contribution in [2.75, 3.05) is 0 Å². The van der Waals surface area contributed by atoms with E-state index in [-0.39, 0.29) is 12.3 Å². The van der Waals surface area contributed by atoms with E-state index in [0.29, 0.717) is 22.1 Å². The van der Waals surface area contributed by atoms with Crippen molar-refractivity contribution in [3.8, 4) is 5.75 Å². The number of pyridine rings is 1. The molecule has 112 valence electrons. The summed E-state index contributed by atoms with van der Waals surface area (Å²) in [6, 6.07) is 10.7. The zero-order valence-electron chi connectivity index (χ0n) is 11.8. The topological polar surface area (TPSA) is 63.8 Å². The number of halogens is 1. The molecule has 0 saturated carbocycles. The summed E-state index contributed by atoms with van der Waals surface area (Å²) in [7, 11) is 0. The summed E-state index contributed by atoms with van der Waals surface area (Å²) in [4.78, 5) is 15.5.